The van der Waals surface area contributed by atoms with Crippen LogP contribution < -0.4 is 20.3 Å². The summed E-state index contributed by atoms with van der Waals surface area (Å²) in [6.45, 7) is 7.56. The van der Waals surface area contributed by atoms with E-state index in [0.717, 1.165) is 25.2 Å². The largest absolute Gasteiger partial charge is 0.494 e. The fraction of sp³-hybridized carbons (Fsp3) is 0.435. The topological polar surface area (TPSA) is 48.9 Å². The highest BCUT2D eigenvalue weighted by Crippen LogP contribution is 2.24. The Labute approximate surface area is 173 Å². The molecular weight excluding hydrogens is 367 g/mol. The lowest BCUT2D eigenvalue weighted by molar-refractivity contribution is 0.386. The van der Waals surface area contributed by atoms with Gasteiger partial charge in [0.1, 0.15) is 0 Å². The summed E-state index contributed by atoms with van der Waals surface area (Å²) >= 11 is 0. The zero-order chi connectivity index (χ0) is 20.6. The van der Waals surface area contributed by atoms with Crippen LogP contribution in [0.3, 0.4) is 0 Å². The number of benzene rings is 2. The van der Waals surface area contributed by atoms with Gasteiger partial charge >= 0.3 is 0 Å². The van der Waals surface area contributed by atoms with E-state index in [0.29, 0.717) is 12.5 Å². The molecule has 0 aromatic heterocycles. The lowest BCUT2D eigenvalue weighted by atomic mass is 10.1. The van der Waals surface area contributed by atoms with Gasteiger partial charge in [-0.25, -0.2) is 9.38 Å². The monoisotopic (exact) mass is 398 g/mol. The maximum absolute atomic E-state index is 13.9. The smallest absolute Gasteiger partial charge is 0.192 e. The summed E-state index contributed by atoms with van der Waals surface area (Å²) in [6, 6.07) is 13.7. The standard InChI is InChI=1S/C23H31FN4O/c1-4-25-23(26-16-18-10-11-22(29-3)21(24)14-18)27-17(2)19-8-7-9-20(15-19)28-12-5-6-13-28/h7-11,14-15,17H,4-6,12-13,16H2,1-3H3,(H2,25,26,27). The van der Waals surface area contributed by atoms with E-state index in [1.807, 2.05) is 13.0 Å². The van der Waals surface area contributed by atoms with Crippen molar-refractivity contribution >= 4 is 11.6 Å². The number of halogens is 1. The molecule has 2 aromatic rings. The highest BCUT2D eigenvalue weighted by molar-refractivity contribution is 5.80. The quantitative estimate of drug-likeness (QED) is 0.541. The molecule has 6 heteroatoms. The molecule has 0 aliphatic carbocycles. The summed E-state index contributed by atoms with van der Waals surface area (Å²) < 4.78 is 18.9. The number of nitrogens with one attached hydrogen (secondary N) is 2. The molecule has 3 rings (SSSR count). The van der Waals surface area contributed by atoms with Crippen LogP contribution in [0.25, 0.3) is 0 Å². The van der Waals surface area contributed by atoms with Crippen LogP contribution in [0, 0.1) is 5.82 Å². The van der Waals surface area contributed by atoms with Gasteiger partial charge in [0.05, 0.1) is 19.7 Å². The first kappa shape index (κ1) is 21.0. The Balaban J connectivity index is 1.68. The van der Waals surface area contributed by atoms with Crippen molar-refractivity contribution in [2.45, 2.75) is 39.3 Å². The first-order chi connectivity index (χ1) is 14.1. The number of methoxy groups -OCH3 is 1. The van der Waals surface area contributed by atoms with Gasteiger partial charge in [0.25, 0.3) is 0 Å². The van der Waals surface area contributed by atoms with Gasteiger partial charge in [0.15, 0.2) is 17.5 Å². The molecule has 1 fully saturated rings. The normalized spacial score (nSPS) is 15.3. The Hall–Kier alpha value is -2.76. The van der Waals surface area contributed by atoms with Gasteiger partial charge in [-0.05, 0) is 62.1 Å². The van der Waals surface area contributed by atoms with Gasteiger partial charge in [-0.1, -0.05) is 18.2 Å². The predicted molar refractivity (Wildman–Crippen MR) is 117 cm³/mol. The second kappa shape index (κ2) is 10.1. The van der Waals surface area contributed by atoms with Gasteiger partial charge < -0.3 is 20.3 Å². The Morgan fingerprint density at radius 2 is 2.00 bits per heavy atom. The second-order valence-corrected chi connectivity index (χ2v) is 7.32. The van der Waals surface area contributed by atoms with E-state index in [9.17, 15) is 4.39 Å². The molecule has 1 aliphatic heterocycles. The number of hydrogen-bond donors (Lipinski definition) is 2. The van der Waals surface area contributed by atoms with Crippen molar-refractivity contribution in [1.29, 1.82) is 0 Å². The number of rotatable bonds is 7. The van der Waals surface area contributed by atoms with Gasteiger partial charge in [-0.15, -0.1) is 0 Å². The minimum absolute atomic E-state index is 0.1000. The van der Waals surface area contributed by atoms with Crippen LogP contribution in [0.5, 0.6) is 5.75 Å². The van der Waals surface area contributed by atoms with Crippen molar-refractivity contribution in [3.05, 3.63) is 59.4 Å². The molecule has 2 aromatic carbocycles. The summed E-state index contributed by atoms with van der Waals surface area (Å²) in [4.78, 5) is 7.06. The first-order valence-electron chi connectivity index (χ1n) is 10.3. The van der Waals surface area contributed by atoms with Crippen LogP contribution in [0.2, 0.25) is 0 Å². The molecule has 5 nitrogen and oxygen atoms in total. The number of guanidine groups is 1. The van der Waals surface area contributed by atoms with E-state index in [-0.39, 0.29) is 17.6 Å². The van der Waals surface area contributed by atoms with Crippen LogP contribution >= 0.6 is 0 Å². The molecule has 1 atom stereocenters. The fourth-order valence-corrected chi connectivity index (χ4v) is 3.55. The zero-order valence-electron chi connectivity index (χ0n) is 17.5. The Morgan fingerprint density at radius 3 is 2.69 bits per heavy atom. The molecule has 0 spiro atoms. The maximum atomic E-state index is 13.9. The molecule has 29 heavy (non-hydrogen) atoms. The first-order valence-corrected chi connectivity index (χ1v) is 10.3. The average molecular weight is 399 g/mol. The summed E-state index contributed by atoms with van der Waals surface area (Å²) in [7, 11) is 1.46. The fourth-order valence-electron chi connectivity index (χ4n) is 3.55. The van der Waals surface area contributed by atoms with Crippen LogP contribution in [0.1, 0.15) is 43.9 Å². The molecule has 0 amide bonds. The number of anilines is 1. The van der Waals surface area contributed by atoms with E-state index in [1.165, 1.54) is 37.3 Å². The van der Waals surface area contributed by atoms with E-state index in [2.05, 4.69) is 51.7 Å². The van der Waals surface area contributed by atoms with Crippen LogP contribution in [-0.4, -0.2) is 32.7 Å². The molecule has 156 valence electrons. The van der Waals surface area contributed by atoms with Gasteiger partial charge in [-0.3, -0.25) is 0 Å². The summed E-state index contributed by atoms with van der Waals surface area (Å²) in [6.07, 6.45) is 2.53. The van der Waals surface area contributed by atoms with E-state index < -0.39 is 0 Å². The van der Waals surface area contributed by atoms with Gasteiger partial charge in [0, 0.05) is 25.3 Å². The molecule has 0 radical (unpaired) electrons. The molecule has 1 aliphatic rings. The zero-order valence-corrected chi connectivity index (χ0v) is 17.5. The van der Waals surface area contributed by atoms with Crippen LogP contribution in [0.4, 0.5) is 10.1 Å². The Morgan fingerprint density at radius 1 is 1.21 bits per heavy atom. The molecular formula is C23H31FN4O. The Kier molecular flexibility index (Phi) is 7.33. The number of ether oxygens (including phenoxy) is 1. The SMILES string of the molecule is CCNC(=NCc1ccc(OC)c(F)c1)NC(C)c1cccc(N2CCCC2)c1. The van der Waals surface area contributed by atoms with E-state index >= 15 is 0 Å². The highest BCUT2D eigenvalue weighted by atomic mass is 19.1. The van der Waals surface area contributed by atoms with Crippen molar-refractivity contribution in [1.82, 2.24) is 10.6 Å². The predicted octanol–water partition coefficient (Wildman–Crippen LogP) is 4.25. The number of aliphatic imine (C=N–C) groups is 1. The van der Waals surface area contributed by atoms with Crippen molar-refractivity contribution in [3.63, 3.8) is 0 Å². The lowest BCUT2D eigenvalue weighted by Gasteiger charge is -2.22. The van der Waals surface area contributed by atoms with Gasteiger partial charge in [-0.2, -0.15) is 0 Å². The molecule has 0 saturated carbocycles. The number of hydrogen-bond acceptors (Lipinski definition) is 3. The third kappa shape index (κ3) is 5.62. The third-order valence-electron chi connectivity index (χ3n) is 5.17. The summed E-state index contributed by atoms with van der Waals surface area (Å²) in [5.41, 5.74) is 3.30. The van der Waals surface area contributed by atoms with E-state index in [4.69, 9.17) is 4.74 Å². The minimum atomic E-state index is -0.370. The minimum Gasteiger partial charge on any atom is -0.494 e. The summed E-state index contributed by atoms with van der Waals surface area (Å²) in [5.74, 6) is 0.585. The summed E-state index contributed by atoms with van der Waals surface area (Å²) in [5, 5.41) is 6.73. The highest BCUT2D eigenvalue weighted by Gasteiger charge is 2.14. The second-order valence-electron chi connectivity index (χ2n) is 7.32. The van der Waals surface area contributed by atoms with Crippen molar-refractivity contribution in [3.8, 4) is 5.75 Å². The Bertz CT molecular complexity index is 833. The third-order valence-corrected chi connectivity index (χ3v) is 5.17. The lowest BCUT2D eigenvalue weighted by Crippen LogP contribution is -2.38. The molecule has 1 saturated heterocycles. The van der Waals surface area contributed by atoms with E-state index in [1.54, 1.807) is 6.07 Å². The molecule has 1 unspecified atom stereocenters. The molecule has 1 heterocycles. The average Bonchev–Trinajstić information content (AvgIpc) is 3.27. The van der Waals surface area contributed by atoms with Gasteiger partial charge in [0.2, 0.25) is 0 Å². The van der Waals surface area contributed by atoms with Crippen molar-refractivity contribution < 1.29 is 9.13 Å². The molecule has 2 N–H and O–H groups in total. The van der Waals surface area contributed by atoms with Crippen LogP contribution in [0.15, 0.2) is 47.5 Å². The maximum Gasteiger partial charge on any atom is 0.192 e. The molecule has 0 bridgehead atoms. The van der Waals surface area contributed by atoms with Crippen LogP contribution in [-0.2, 0) is 6.54 Å². The number of nitrogens with zero attached hydrogens (tertiary/aromatic N) is 2. The van der Waals surface area contributed by atoms with Crippen molar-refractivity contribution in [2.75, 3.05) is 31.6 Å². The van der Waals surface area contributed by atoms with Crippen molar-refractivity contribution in [2.24, 2.45) is 4.99 Å².